The lowest BCUT2D eigenvalue weighted by Crippen LogP contribution is -2.42. The Hall–Kier alpha value is -3.28. The van der Waals surface area contributed by atoms with E-state index in [1.807, 2.05) is 0 Å². The van der Waals surface area contributed by atoms with Crippen LogP contribution in [0, 0.1) is 5.82 Å². The Morgan fingerprint density at radius 3 is 2.83 bits per heavy atom. The third kappa shape index (κ3) is 5.43. The Labute approximate surface area is 215 Å². The number of anilines is 1. The molecule has 1 atom stereocenters. The molecule has 0 aliphatic carbocycles. The minimum atomic E-state index is -0.734. The predicted molar refractivity (Wildman–Crippen MR) is 136 cm³/mol. The van der Waals surface area contributed by atoms with Gasteiger partial charge in [0.15, 0.2) is 5.78 Å². The highest BCUT2D eigenvalue weighted by atomic mass is 35.5. The van der Waals surface area contributed by atoms with E-state index in [2.05, 4.69) is 5.32 Å². The van der Waals surface area contributed by atoms with Crippen LogP contribution in [0.4, 0.5) is 19.7 Å². The first-order valence-corrected chi connectivity index (χ1v) is 12.6. The molecule has 4 rings (SSSR count). The highest BCUT2D eigenvalue weighted by Crippen LogP contribution is 2.32. The van der Waals surface area contributed by atoms with Crippen LogP contribution in [0.5, 0.6) is 5.75 Å². The number of hydrogen-bond donors (Lipinski definition) is 3. The predicted octanol–water partition coefficient (Wildman–Crippen LogP) is 3.84. The van der Waals surface area contributed by atoms with Crippen molar-refractivity contribution in [3.05, 3.63) is 59.0 Å². The minimum Gasteiger partial charge on any atom is -0.491 e. The summed E-state index contributed by atoms with van der Waals surface area (Å²) in [4.78, 5) is 39.4. The van der Waals surface area contributed by atoms with Crippen molar-refractivity contribution in [1.29, 1.82) is 0 Å². The molecule has 3 amide bonds. The van der Waals surface area contributed by atoms with Crippen molar-refractivity contribution in [1.82, 2.24) is 9.47 Å². The number of Topliss-reactive ketones (excluding diaryl/α,β-unsaturated/α-hetero) is 1. The van der Waals surface area contributed by atoms with Crippen molar-refractivity contribution >= 4 is 57.8 Å². The number of hydrogen-bond acceptors (Lipinski definition) is 6. The maximum Gasteiger partial charge on any atom is 0.323 e. The Balaban J connectivity index is 1.50. The van der Waals surface area contributed by atoms with Gasteiger partial charge < -0.3 is 25.8 Å². The SMILES string of the molecule is NC(=O)n1cc(NC(=O)N2CCS[C@H]2C(=O)CCc2cccc(Cl)c2F)c2cc(OCCO)ccc21. The van der Waals surface area contributed by atoms with Gasteiger partial charge in [-0.25, -0.2) is 14.0 Å². The smallest absolute Gasteiger partial charge is 0.323 e. The van der Waals surface area contributed by atoms with E-state index in [0.29, 0.717) is 40.2 Å². The number of ether oxygens (including phenoxy) is 1. The highest BCUT2D eigenvalue weighted by molar-refractivity contribution is 8.00. The van der Waals surface area contributed by atoms with Gasteiger partial charge in [0.05, 0.1) is 22.8 Å². The second kappa shape index (κ2) is 11.2. The van der Waals surface area contributed by atoms with Crippen LogP contribution in [0.25, 0.3) is 10.9 Å². The first-order valence-electron chi connectivity index (χ1n) is 11.1. The number of nitrogens with zero attached hydrogens (tertiary/aromatic N) is 2. The zero-order chi connectivity index (χ0) is 25.8. The summed E-state index contributed by atoms with van der Waals surface area (Å²) in [7, 11) is 0. The number of fused-ring (bicyclic) bond motifs is 1. The highest BCUT2D eigenvalue weighted by Gasteiger charge is 2.35. The molecule has 0 unspecified atom stereocenters. The van der Waals surface area contributed by atoms with E-state index < -0.39 is 23.3 Å². The third-order valence-electron chi connectivity index (χ3n) is 5.71. The van der Waals surface area contributed by atoms with E-state index in [1.54, 1.807) is 30.3 Å². The summed E-state index contributed by atoms with van der Waals surface area (Å²) in [5.74, 6) is 0.254. The summed E-state index contributed by atoms with van der Waals surface area (Å²) in [5, 5.41) is 11.6. The molecule has 1 aliphatic rings. The number of aliphatic hydroxyl groups excluding tert-OH is 1. The molecule has 1 aromatic heterocycles. The Bertz CT molecular complexity index is 1320. The van der Waals surface area contributed by atoms with E-state index in [4.69, 9.17) is 27.2 Å². The molecule has 1 fully saturated rings. The molecule has 4 N–H and O–H groups in total. The lowest BCUT2D eigenvalue weighted by atomic mass is 10.1. The van der Waals surface area contributed by atoms with E-state index in [9.17, 15) is 18.8 Å². The maximum absolute atomic E-state index is 14.2. The summed E-state index contributed by atoms with van der Waals surface area (Å²) in [6.45, 7) is 0.255. The van der Waals surface area contributed by atoms with Gasteiger partial charge in [0.2, 0.25) is 0 Å². The number of benzene rings is 2. The lowest BCUT2D eigenvalue weighted by molar-refractivity contribution is -0.120. The van der Waals surface area contributed by atoms with Gasteiger partial charge in [-0.15, -0.1) is 11.8 Å². The van der Waals surface area contributed by atoms with Crippen LogP contribution in [0.2, 0.25) is 5.02 Å². The summed E-state index contributed by atoms with van der Waals surface area (Å²) in [5.41, 5.74) is 6.59. The van der Waals surface area contributed by atoms with Crippen LogP contribution >= 0.6 is 23.4 Å². The first-order chi connectivity index (χ1) is 17.3. The molecule has 2 aromatic carbocycles. The van der Waals surface area contributed by atoms with Gasteiger partial charge >= 0.3 is 12.1 Å². The van der Waals surface area contributed by atoms with Gasteiger partial charge in [-0.05, 0) is 36.2 Å². The van der Waals surface area contributed by atoms with Gasteiger partial charge in [0, 0.05) is 30.3 Å². The van der Waals surface area contributed by atoms with Crippen molar-refractivity contribution in [2.24, 2.45) is 5.73 Å². The van der Waals surface area contributed by atoms with E-state index in [1.165, 1.54) is 33.5 Å². The number of rotatable bonds is 8. The zero-order valence-corrected chi connectivity index (χ0v) is 20.7. The molecular formula is C24H24ClFN4O5S. The lowest BCUT2D eigenvalue weighted by Gasteiger charge is -2.23. The molecule has 36 heavy (non-hydrogen) atoms. The second-order valence-corrected chi connectivity index (χ2v) is 9.62. The van der Waals surface area contributed by atoms with Crippen LogP contribution in [-0.2, 0) is 11.2 Å². The fourth-order valence-electron chi connectivity index (χ4n) is 4.00. The average Bonchev–Trinajstić information content (AvgIpc) is 3.49. The molecule has 1 saturated heterocycles. The summed E-state index contributed by atoms with van der Waals surface area (Å²) >= 11 is 7.16. The normalized spacial score (nSPS) is 15.3. The number of urea groups is 1. The van der Waals surface area contributed by atoms with Crippen LogP contribution in [0.1, 0.15) is 12.0 Å². The monoisotopic (exact) mass is 534 g/mol. The number of aromatic nitrogens is 1. The molecule has 0 radical (unpaired) electrons. The summed E-state index contributed by atoms with van der Waals surface area (Å²) < 4.78 is 20.8. The van der Waals surface area contributed by atoms with Crippen molar-refractivity contribution in [2.45, 2.75) is 18.2 Å². The number of carbonyl (C=O) groups excluding carboxylic acids is 3. The van der Waals surface area contributed by atoms with Crippen LogP contribution < -0.4 is 15.8 Å². The molecule has 3 aromatic rings. The van der Waals surface area contributed by atoms with Crippen LogP contribution in [-0.4, -0.2) is 63.3 Å². The number of amides is 3. The fourth-order valence-corrected chi connectivity index (χ4v) is 5.40. The zero-order valence-electron chi connectivity index (χ0n) is 19.1. The third-order valence-corrected chi connectivity index (χ3v) is 7.26. The minimum absolute atomic E-state index is 0.00348. The molecule has 190 valence electrons. The molecule has 0 bridgehead atoms. The Morgan fingerprint density at radius 2 is 2.08 bits per heavy atom. The Morgan fingerprint density at radius 1 is 1.28 bits per heavy atom. The topological polar surface area (TPSA) is 127 Å². The molecular weight excluding hydrogens is 511 g/mol. The molecule has 2 heterocycles. The number of aryl methyl sites for hydroxylation is 1. The van der Waals surface area contributed by atoms with Crippen LogP contribution in [0.15, 0.2) is 42.6 Å². The average molecular weight is 535 g/mol. The van der Waals surface area contributed by atoms with E-state index in [-0.39, 0.29) is 36.9 Å². The number of thioether (sulfide) groups is 1. The molecule has 1 aliphatic heterocycles. The van der Waals surface area contributed by atoms with Gasteiger partial charge in [0.25, 0.3) is 0 Å². The van der Waals surface area contributed by atoms with Crippen molar-refractivity contribution in [2.75, 3.05) is 30.8 Å². The number of carbonyl (C=O) groups is 3. The number of aliphatic hydroxyl groups is 1. The summed E-state index contributed by atoms with van der Waals surface area (Å²) in [6, 6.07) is 8.26. The number of nitrogens with two attached hydrogens (primary N) is 1. The van der Waals surface area contributed by atoms with Crippen molar-refractivity contribution < 1.29 is 28.6 Å². The van der Waals surface area contributed by atoms with Gasteiger partial charge in [0.1, 0.15) is 23.5 Å². The number of halogens is 2. The number of nitrogens with one attached hydrogen (secondary N) is 1. The fraction of sp³-hybridized carbons (Fsp3) is 0.292. The van der Waals surface area contributed by atoms with Gasteiger partial charge in [-0.3, -0.25) is 9.36 Å². The summed E-state index contributed by atoms with van der Waals surface area (Å²) in [6.07, 6.45) is 1.62. The largest absolute Gasteiger partial charge is 0.491 e. The Kier molecular flexibility index (Phi) is 8.02. The molecule has 9 nitrogen and oxygen atoms in total. The van der Waals surface area contributed by atoms with E-state index in [0.717, 1.165) is 0 Å². The first kappa shape index (κ1) is 25.8. The van der Waals surface area contributed by atoms with Crippen LogP contribution in [0.3, 0.4) is 0 Å². The second-order valence-electron chi connectivity index (χ2n) is 8.03. The van der Waals surface area contributed by atoms with Gasteiger partial charge in [-0.2, -0.15) is 0 Å². The molecule has 12 heteroatoms. The number of primary amides is 1. The van der Waals surface area contributed by atoms with Gasteiger partial charge in [-0.1, -0.05) is 23.7 Å². The maximum atomic E-state index is 14.2. The van der Waals surface area contributed by atoms with Crippen molar-refractivity contribution in [3.63, 3.8) is 0 Å². The molecule has 0 spiro atoms. The standard InChI is InChI=1S/C24H24ClFN4O5S/c25-17-3-1-2-14(21(17)26)4-7-20(32)22-29(8-11-36-22)24(34)28-18-13-30(23(27)33)19-6-5-15(12-16(18)19)35-10-9-31/h1-3,5-6,12-13,22,31H,4,7-11H2,(H2,27,33)(H,28,34)/t22-/m0/s1. The van der Waals surface area contributed by atoms with Crippen molar-refractivity contribution in [3.8, 4) is 5.75 Å². The molecule has 0 saturated carbocycles. The van der Waals surface area contributed by atoms with E-state index >= 15 is 0 Å². The quantitative estimate of drug-likeness (QED) is 0.403. The number of ketones is 1.